The first-order chi connectivity index (χ1) is 7.29. The van der Waals surface area contributed by atoms with E-state index in [9.17, 15) is 0 Å². The molecular weight excluding hydrogens is 186 g/mol. The Labute approximate surface area is 89.6 Å². The Morgan fingerprint density at radius 3 is 2.80 bits per heavy atom. The zero-order valence-corrected chi connectivity index (χ0v) is 8.85. The number of para-hydroxylation sites is 1. The van der Waals surface area contributed by atoms with E-state index in [1.807, 2.05) is 31.2 Å². The van der Waals surface area contributed by atoms with Crippen LogP contribution in [-0.4, -0.2) is 16.7 Å². The Kier molecular flexibility index (Phi) is 2.97. The molecule has 1 aromatic carbocycles. The van der Waals surface area contributed by atoms with E-state index in [1.165, 1.54) is 0 Å². The van der Waals surface area contributed by atoms with E-state index >= 15 is 0 Å². The molecular formula is C13H15NO. The summed E-state index contributed by atoms with van der Waals surface area (Å²) >= 11 is 0. The van der Waals surface area contributed by atoms with Crippen LogP contribution in [0.5, 0.6) is 0 Å². The Morgan fingerprint density at radius 1 is 1.20 bits per heavy atom. The molecule has 1 aromatic heterocycles. The highest BCUT2D eigenvalue weighted by atomic mass is 16.3. The SMILES string of the molecule is CC(CO)Cc1ccc2ccccc2n1. The lowest BCUT2D eigenvalue weighted by molar-refractivity contribution is 0.236. The fourth-order valence-corrected chi connectivity index (χ4v) is 1.64. The fraction of sp³-hybridized carbons (Fsp3) is 0.308. The molecule has 1 heterocycles. The number of aliphatic hydroxyl groups excluding tert-OH is 1. The molecule has 2 aromatic rings. The predicted molar refractivity (Wildman–Crippen MR) is 61.7 cm³/mol. The number of pyridine rings is 1. The average Bonchev–Trinajstić information content (AvgIpc) is 2.29. The third kappa shape index (κ3) is 2.34. The van der Waals surface area contributed by atoms with Crippen molar-refractivity contribution in [2.24, 2.45) is 5.92 Å². The van der Waals surface area contributed by atoms with Gasteiger partial charge in [-0.05, 0) is 24.5 Å². The summed E-state index contributed by atoms with van der Waals surface area (Å²) in [7, 11) is 0. The molecule has 15 heavy (non-hydrogen) atoms. The van der Waals surface area contributed by atoms with Crippen molar-refractivity contribution in [1.29, 1.82) is 0 Å². The zero-order chi connectivity index (χ0) is 10.7. The van der Waals surface area contributed by atoms with E-state index in [0.29, 0.717) is 0 Å². The van der Waals surface area contributed by atoms with Crippen molar-refractivity contribution in [3.05, 3.63) is 42.1 Å². The van der Waals surface area contributed by atoms with Gasteiger partial charge in [-0.1, -0.05) is 31.2 Å². The van der Waals surface area contributed by atoms with Crippen LogP contribution in [0.15, 0.2) is 36.4 Å². The van der Waals surface area contributed by atoms with E-state index in [1.54, 1.807) is 0 Å². The number of aliphatic hydroxyl groups is 1. The first-order valence-electron chi connectivity index (χ1n) is 5.25. The standard InChI is InChI=1S/C13H15NO/c1-10(9-15)8-12-7-6-11-4-2-3-5-13(11)14-12/h2-7,10,15H,8-9H2,1H3. The molecule has 2 heteroatoms. The lowest BCUT2D eigenvalue weighted by Crippen LogP contribution is -2.05. The van der Waals surface area contributed by atoms with Crippen LogP contribution in [-0.2, 0) is 6.42 Å². The van der Waals surface area contributed by atoms with Crippen molar-refractivity contribution in [2.45, 2.75) is 13.3 Å². The van der Waals surface area contributed by atoms with Gasteiger partial charge in [0.2, 0.25) is 0 Å². The number of nitrogens with zero attached hydrogens (tertiary/aromatic N) is 1. The first kappa shape index (κ1) is 10.1. The molecule has 0 saturated heterocycles. The minimum Gasteiger partial charge on any atom is -0.396 e. The van der Waals surface area contributed by atoms with Crippen LogP contribution in [0.4, 0.5) is 0 Å². The summed E-state index contributed by atoms with van der Waals surface area (Å²) in [6.07, 6.45) is 0.835. The van der Waals surface area contributed by atoms with Gasteiger partial charge in [-0.15, -0.1) is 0 Å². The normalized spacial score (nSPS) is 12.9. The maximum Gasteiger partial charge on any atom is 0.0705 e. The van der Waals surface area contributed by atoms with E-state index < -0.39 is 0 Å². The summed E-state index contributed by atoms with van der Waals surface area (Å²) in [6.45, 7) is 2.24. The van der Waals surface area contributed by atoms with Crippen molar-refractivity contribution < 1.29 is 5.11 Å². The van der Waals surface area contributed by atoms with E-state index in [4.69, 9.17) is 5.11 Å². The Bertz CT molecular complexity index is 453. The van der Waals surface area contributed by atoms with Crippen LogP contribution in [0.1, 0.15) is 12.6 Å². The number of fused-ring (bicyclic) bond motifs is 1. The molecule has 78 valence electrons. The monoisotopic (exact) mass is 201 g/mol. The molecule has 0 aliphatic heterocycles. The summed E-state index contributed by atoms with van der Waals surface area (Å²) in [6, 6.07) is 12.2. The van der Waals surface area contributed by atoms with Crippen LogP contribution in [0.3, 0.4) is 0 Å². The van der Waals surface area contributed by atoms with E-state index in [-0.39, 0.29) is 12.5 Å². The number of aromatic nitrogens is 1. The second-order valence-corrected chi connectivity index (χ2v) is 3.99. The van der Waals surface area contributed by atoms with E-state index in [0.717, 1.165) is 23.0 Å². The molecule has 0 fully saturated rings. The summed E-state index contributed by atoms with van der Waals surface area (Å²) < 4.78 is 0. The molecule has 1 atom stereocenters. The van der Waals surface area contributed by atoms with Crippen molar-refractivity contribution in [3.63, 3.8) is 0 Å². The third-order valence-corrected chi connectivity index (χ3v) is 2.53. The Hall–Kier alpha value is -1.41. The lowest BCUT2D eigenvalue weighted by atomic mass is 10.1. The Morgan fingerprint density at radius 2 is 2.00 bits per heavy atom. The Balaban J connectivity index is 2.30. The molecule has 2 nitrogen and oxygen atoms in total. The van der Waals surface area contributed by atoms with Gasteiger partial charge < -0.3 is 5.11 Å². The highest BCUT2D eigenvalue weighted by molar-refractivity contribution is 5.78. The summed E-state index contributed by atoms with van der Waals surface area (Å²) in [4.78, 5) is 4.55. The molecule has 1 N–H and O–H groups in total. The minimum absolute atomic E-state index is 0.217. The van der Waals surface area contributed by atoms with Gasteiger partial charge in [-0.25, -0.2) is 0 Å². The highest BCUT2D eigenvalue weighted by Crippen LogP contribution is 2.13. The molecule has 0 spiro atoms. The van der Waals surface area contributed by atoms with Crippen LogP contribution in [0.25, 0.3) is 10.9 Å². The highest BCUT2D eigenvalue weighted by Gasteiger charge is 2.03. The van der Waals surface area contributed by atoms with Crippen LogP contribution >= 0.6 is 0 Å². The molecule has 0 radical (unpaired) electrons. The predicted octanol–water partition coefficient (Wildman–Crippen LogP) is 2.41. The summed E-state index contributed by atoms with van der Waals surface area (Å²) in [5.74, 6) is 0.277. The topological polar surface area (TPSA) is 33.1 Å². The van der Waals surface area contributed by atoms with Crippen molar-refractivity contribution in [1.82, 2.24) is 4.98 Å². The fourth-order valence-electron chi connectivity index (χ4n) is 1.64. The van der Waals surface area contributed by atoms with Gasteiger partial charge in [-0.3, -0.25) is 4.98 Å². The van der Waals surface area contributed by atoms with Gasteiger partial charge in [0.05, 0.1) is 5.52 Å². The van der Waals surface area contributed by atoms with Gasteiger partial charge in [0.15, 0.2) is 0 Å². The smallest absolute Gasteiger partial charge is 0.0705 e. The summed E-state index contributed by atoms with van der Waals surface area (Å²) in [5, 5.41) is 10.1. The van der Waals surface area contributed by atoms with Crippen LogP contribution in [0, 0.1) is 5.92 Å². The summed E-state index contributed by atoms with van der Waals surface area (Å²) in [5.41, 5.74) is 2.08. The van der Waals surface area contributed by atoms with Crippen molar-refractivity contribution in [3.8, 4) is 0 Å². The number of rotatable bonds is 3. The number of hydrogen-bond acceptors (Lipinski definition) is 2. The zero-order valence-electron chi connectivity index (χ0n) is 8.85. The van der Waals surface area contributed by atoms with Crippen molar-refractivity contribution >= 4 is 10.9 Å². The lowest BCUT2D eigenvalue weighted by Gasteiger charge is -2.07. The molecule has 0 bridgehead atoms. The maximum absolute atomic E-state index is 8.98. The third-order valence-electron chi connectivity index (χ3n) is 2.53. The maximum atomic E-state index is 8.98. The van der Waals surface area contributed by atoms with Crippen LogP contribution in [0.2, 0.25) is 0 Å². The van der Waals surface area contributed by atoms with E-state index in [2.05, 4.69) is 17.1 Å². The largest absolute Gasteiger partial charge is 0.396 e. The van der Waals surface area contributed by atoms with Crippen LogP contribution < -0.4 is 0 Å². The molecule has 0 saturated carbocycles. The quantitative estimate of drug-likeness (QED) is 0.827. The molecule has 1 unspecified atom stereocenters. The molecule has 0 aliphatic carbocycles. The van der Waals surface area contributed by atoms with Gasteiger partial charge >= 0.3 is 0 Å². The first-order valence-corrected chi connectivity index (χ1v) is 5.25. The van der Waals surface area contributed by atoms with Gasteiger partial charge in [0, 0.05) is 17.7 Å². The van der Waals surface area contributed by atoms with Gasteiger partial charge in [0.25, 0.3) is 0 Å². The minimum atomic E-state index is 0.217. The molecule has 0 aliphatic rings. The molecule has 0 amide bonds. The number of benzene rings is 1. The second kappa shape index (κ2) is 4.41. The molecule has 2 rings (SSSR count). The number of hydrogen-bond donors (Lipinski definition) is 1. The average molecular weight is 201 g/mol. The van der Waals surface area contributed by atoms with Crippen molar-refractivity contribution in [2.75, 3.05) is 6.61 Å². The van der Waals surface area contributed by atoms with Gasteiger partial charge in [0.1, 0.15) is 0 Å². The second-order valence-electron chi connectivity index (χ2n) is 3.99. The van der Waals surface area contributed by atoms with Gasteiger partial charge in [-0.2, -0.15) is 0 Å².